The molecule has 0 atom stereocenters. The first kappa shape index (κ1) is 45.9. The van der Waals surface area contributed by atoms with E-state index in [-0.39, 0.29) is 10.8 Å². The van der Waals surface area contributed by atoms with E-state index >= 15 is 0 Å². The third-order valence-electron chi connectivity index (χ3n) is 15.2. The Kier molecular flexibility index (Phi) is 11.0. The second-order valence-electron chi connectivity index (χ2n) is 22.3. The lowest BCUT2D eigenvalue weighted by Crippen LogP contribution is -2.14. The van der Waals surface area contributed by atoms with Gasteiger partial charge in [-0.2, -0.15) is 0 Å². The van der Waals surface area contributed by atoms with Gasteiger partial charge in [0.15, 0.2) is 0 Å². The van der Waals surface area contributed by atoms with Crippen molar-refractivity contribution in [2.75, 3.05) is 9.80 Å². The van der Waals surface area contributed by atoms with Gasteiger partial charge in [0.2, 0.25) is 0 Å². The lowest BCUT2D eigenvalue weighted by Gasteiger charge is -2.29. The van der Waals surface area contributed by atoms with E-state index in [4.69, 9.17) is 4.42 Å². The number of hydrogen-bond acceptors (Lipinski definition) is 3. The Labute approximate surface area is 439 Å². The van der Waals surface area contributed by atoms with Gasteiger partial charge in [-0.05, 0) is 173 Å². The quantitative estimate of drug-likeness (QED) is 0.151. The molecule has 362 valence electrons. The highest BCUT2D eigenvalue weighted by atomic mass is 16.3. The van der Waals surface area contributed by atoms with E-state index in [0.29, 0.717) is 0 Å². The van der Waals surface area contributed by atoms with Gasteiger partial charge in [0, 0.05) is 44.6 Å². The summed E-state index contributed by atoms with van der Waals surface area (Å²) in [5.41, 5.74) is 15.7. The van der Waals surface area contributed by atoms with Crippen molar-refractivity contribution in [1.82, 2.24) is 0 Å². The molecule has 0 amide bonds. The molecule has 3 heteroatoms. The summed E-state index contributed by atoms with van der Waals surface area (Å²) in [6, 6.07) is 89.3. The fourth-order valence-electron chi connectivity index (χ4n) is 11.1. The fraction of sp³-hybridized carbons (Fsp3) is 0.111. The highest BCUT2D eigenvalue weighted by Gasteiger charge is 2.24. The van der Waals surface area contributed by atoms with Gasteiger partial charge < -0.3 is 14.2 Å². The van der Waals surface area contributed by atoms with E-state index in [0.717, 1.165) is 77.6 Å². The van der Waals surface area contributed by atoms with Crippen LogP contribution in [0.1, 0.15) is 52.7 Å². The first-order chi connectivity index (χ1) is 36.4. The molecule has 0 saturated heterocycles. The zero-order chi connectivity index (χ0) is 51.0. The third-order valence-corrected chi connectivity index (χ3v) is 15.2. The molecule has 13 aromatic rings. The molecule has 13 rings (SSSR count). The van der Waals surface area contributed by atoms with Gasteiger partial charge in [0.05, 0.1) is 11.4 Å². The van der Waals surface area contributed by atoms with Crippen LogP contribution in [0.4, 0.5) is 34.1 Å². The van der Waals surface area contributed by atoms with Crippen LogP contribution in [0.15, 0.2) is 247 Å². The molecular weight excluding hydrogens is 909 g/mol. The second kappa shape index (κ2) is 17.9. The van der Waals surface area contributed by atoms with Crippen LogP contribution < -0.4 is 9.80 Å². The summed E-state index contributed by atoms with van der Waals surface area (Å²) in [6.45, 7) is 13.6. The maximum atomic E-state index is 6.92. The van der Waals surface area contributed by atoms with Gasteiger partial charge in [-0.25, -0.2) is 0 Å². The van der Waals surface area contributed by atoms with Gasteiger partial charge in [-0.1, -0.05) is 187 Å². The fourth-order valence-corrected chi connectivity index (χ4v) is 11.1. The van der Waals surface area contributed by atoms with Gasteiger partial charge in [-0.15, -0.1) is 0 Å². The lowest BCUT2D eigenvalue weighted by atomic mass is 9.87. The predicted molar refractivity (Wildman–Crippen MR) is 321 cm³/mol. The smallest absolute Gasteiger partial charge is 0.136 e. The largest absolute Gasteiger partial charge is 0.456 e. The van der Waals surface area contributed by atoms with Crippen molar-refractivity contribution in [2.45, 2.75) is 52.4 Å². The zero-order valence-corrected chi connectivity index (χ0v) is 43.4. The van der Waals surface area contributed by atoms with E-state index in [1.165, 1.54) is 54.9 Å². The second-order valence-corrected chi connectivity index (χ2v) is 22.3. The minimum absolute atomic E-state index is 0.0281. The molecule has 0 unspecified atom stereocenters. The van der Waals surface area contributed by atoms with Crippen LogP contribution in [0, 0.1) is 0 Å². The average molecular weight is 967 g/mol. The van der Waals surface area contributed by atoms with Crippen molar-refractivity contribution in [1.29, 1.82) is 0 Å². The molecule has 0 radical (unpaired) electrons. The maximum absolute atomic E-state index is 6.92. The van der Waals surface area contributed by atoms with Gasteiger partial charge in [-0.3, -0.25) is 0 Å². The Morgan fingerprint density at radius 2 is 0.613 bits per heavy atom. The topological polar surface area (TPSA) is 19.6 Å². The Bertz CT molecular complexity index is 4010. The number of anilines is 6. The number of benzene rings is 12. The molecule has 0 aliphatic heterocycles. The van der Waals surface area contributed by atoms with Gasteiger partial charge in [0.25, 0.3) is 0 Å². The molecule has 0 aliphatic rings. The van der Waals surface area contributed by atoms with E-state index in [2.05, 4.69) is 294 Å². The zero-order valence-electron chi connectivity index (χ0n) is 43.4. The first-order valence-electron chi connectivity index (χ1n) is 26.2. The normalized spacial score (nSPS) is 12.1. The number of nitrogens with zero attached hydrogens (tertiary/aromatic N) is 2. The molecule has 0 bridgehead atoms. The molecular formula is C72H58N2O. The summed E-state index contributed by atoms with van der Waals surface area (Å²) in [5, 5.41) is 11.6. The van der Waals surface area contributed by atoms with E-state index in [1.54, 1.807) is 0 Å². The minimum atomic E-state index is 0.0281. The molecule has 0 aliphatic carbocycles. The molecule has 1 aromatic heterocycles. The standard InChI is InChI=1S/C72H58N2O/c1-71(2,3)57-27-33-59(34-28-57)73(67-43-51-23-15-13-21-49(51)39-63(67)47-17-9-7-10-18-47)61-31-25-53-41-65-66-42-54-26-32-62(38-56(54)46-70(66)75-69(65)45-55(53)37-61)74(60-35-29-58(30-36-60)72(4,5)6)68-44-52-24-16-14-22-50(52)40-64(68)48-19-11-8-12-20-48/h7-46H,1-6H3. The molecule has 0 spiro atoms. The number of furan rings is 1. The summed E-state index contributed by atoms with van der Waals surface area (Å²) in [7, 11) is 0. The SMILES string of the molecule is CC(C)(C)c1ccc(N(c2ccc3cc4c(cc3c2)oc2cc3cc(N(c5ccc(C(C)(C)C)cc5)c5cc6ccccc6cc5-c5ccccc5)ccc3cc24)c2cc3ccccc3cc2-c2ccccc2)cc1. The van der Waals surface area contributed by atoms with Crippen LogP contribution in [-0.4, -0.2) is 0 Å². The average Bonchev–Trinajstić information content (AvgIpc) is 3.80. The van der Waals surface area contributed by atoms with Crippen LogP contribution in [-0.2, 0) is 10.8 Å². The molecule has 0 N–H and O–H groups in total. The van der Waals surface area contributed by atoms with Gasteiger partial charge >= 0.3 is 0 Å². The first-order valence-corrected chi connectivity index (χ1v) is 26.2. The number of fused-ring (bicyclic) bond motifs is 7. The highest BCUT2D eigenvalue weighted by molar-refractivity contribution is 6.14. The Hall–Kier alpha value is -8.92. The molecule has 75 heavy (non-hydrogen) atoms. The van der Waals surface area contributed by atoms with E-state index in [9.17, 15) is 0 Å². The van der Waals surface area contributed by atoms with Crippen LogP contribution in [0.5, 0.6) is 0 Å². The van der Waals surface area contributed by atoms with Crippen molar-refractivity contribution in [2.24, 2.45) is 0 Å². The Balaban J connectivity index is 0.952. The molecule has 12 aromatic carbocycles. The van der Waals surface area contributed by atoms with Crippen molar-refractivity contribution < 1.29 is 4.42 Å². The predicted octanol–water partition coefficient (Wildman–Crippen LogP) is 21.1. The van der Waals surface area contributed by atoms with E-state index < -0.39 is 0 Å². The molecule has 0 fully saturated rings. The third kappa shape index (κ3) is 8.45. The van der Waals surface area contributed by atoms with Gasteiger partial charge in [0.1, 0.15) is 11.2 Å². The molecule has 1 heterocycles. The van der Waals surface area contributed by atoms with Crippen molar-refractivity contribution in [3.8, 4) is 22.3 Å². The monoisotopic (exact) mass is 966 g/mol. The minimum Gasteiger partial charge on any atom is -0.456 e. The maximum Gasteiger partial charge on any atom is 0.136 e. The van der Waals surface area contributed by atoms with Crippen molar-refractivity contribution in [3.05, 3.63) is 254 Å². The summed E-state index contributed by atoms with van der Waals surface area (Å²) in [6.07, 6.45) is 0. The van der Waals surface area contributed by atoms with Crippen LogP contribution in [0.3, 0.4) is 0 Å². The number of hydrogen-bond donors (Lipinski definition) is 0. The Morgan fingerprint density at radius 1 is 0.280 bits per heavy atom. The summed E-state index contributed by atoms with van der Waals surface area (Å²) < 4.78 is 6.92. The molecule has 3 nitrogen and oxygen atoms in total. The van der Waals surface area contributed by atoms with E-state index in [1.807, 2.05) is 0 Å². The van der Waals surface area contributed by atoms with Crippen molar-refractivity contribution >= 4 is 99.2 Å². The Morgan fingerprint density at radius 3 is 0.987 bits per heavy atom. The van der Waals surface area contributed by atoms with Crippen LogP contribution in [0.2, 0.25) is 0 Å². The lowest BCUT2D eigenvalue weighted by molar-refractivity contribution is 0.590. The summed E-state index contributed by atoms with van der Waals surface area (Å²) >= 11 is 0. The molecule has 0 saturated carbocycles. The van der Waals surface area contributed by atoms with Crippen LogP contribution >= 0.6 is 0 Å². The highest BCUT2D eigenvalue weighted by Crippen LogP contribution is 2.47. The summed E-state index contributed by atoms with van der Waals surface area (Å²) in [5.74, 6) is 0. The van der Waals surface area contributed by atoms with Crippen molar-refractivity contribution in [3.63, 3.8) is 0 Å². The number of rotatable bonds is 8. The summed E-state index contributed by atoms with van der Waals surface area (Å²) in [4.78, 5) is 4.85. The van der Waals surface area contributed by atoms with Crippen LogP contribution in [0.25, 0.3) is 87.3 Å².